The van der Waals surface area contributed by atoms with Gasteiger partial charge in [-0.05, 0) is 53.0 Å². The summed E-state index contributed by atoms with van der Waals surface area (Å²) in [5, 5.41) is 0. The Balaban J connectivity index is 1.65. The molecule has 0 radical (unpaired) electrons. The summed E-state index contributed by atoms with van der Waals surface area (Å²) < 4.78 is 13.7. The molecule has 7 heteroatoms. The molecule has 0 aromatic carbocycles. The smallest absolute Gasteiger partial charge is 0.228 e. The van der Waals surface area contributed by atoms with Gasteiger partial charge in [0.15, 0.2) is 5.82 Å². The van der Waals surface area contributed by atoms with Gasteiger partial charge in [0.05, 0.1) is 11.6 Å². The monoisotopic (exact) mass is 416 g/mol. The molecule has 3 heterocycles. The minimum absolute atomic E-state index is 0.300. The number of hydrogen-bond donors (Lipinski definition) is 1. The Bertz CT molecular complexity index is 865. The quantitative estimate of drug-likeness (QED) is 0.466. The van der Waals surface area contributed by atoms with Gasteiger partial charge in [0.25, 0.3) is 0 Å². The second kappa shape index (κ2) is 8.79. The fourth-order valence-corrected chi connectivity index (χ4v) is 3.05. The summed E-state index contributed by atoms with van der Waals surface area (Å²) in [6.45, 7) is 1.72. The summed E-state index contributed by atoms with van der Waals surface area (Å²) in [5.74, 6) is 6.32. The lowest BCUT2D eigenvalue weighted by Gasteiger charge is -2.30. The summed E-state index contributed by atoms with van der Waals surface area (Å²) in [6.07, 6.45) is 6.93. The third-order valence-corrected chi connectivity index (χ3v) is 4.79. The Morgan fingerprint density at radius 1 is 1.27 bits per heavy atom. The molecule has 0 aliphatic carbocycles. The first kappa shape index (κ1) is 18.4. The van der Waals surface area contributed by atoms with Gasteiger partial charge in [-0.3, -0.25) is 10.3 Å². The number of aromatic nitrogens is 2. The predicted molar refractivity (Wildman–Crippen MR) is 103 cm³/mol. The zero-order valence-electron chi connectivity index (χ0n) is 14.3. The van der Waals surface area contributed by atoms with Gasteiger partial charge in [-0.15, -0.1) is 0 Å². The largest absolute Gasteiger partial charge is 0.354 e. The number of piperidine rings is 1. The Morgan fingerprint density at radius 3 is 2.85 bits per heavy atom. The summed E-state index contributed by atoms with van der Waals surface area (Å²) >= 11 is 3.17. The molecule has 3 rings (SSSR count). The van der Waals surface area contributed by atoms with Crippen molar-refractivity contribution in [3.8, 4) is 11.8 Å². The van der Waals surface area contributed by atoms with Crippen molar-refractivity contribution < 1.29 is 9.23 Å². The molecule has 1 saturated heterocycles. The summed E-state index contributed by atoms with van der Waals surface area (Å²) in [6, 6.07) is 5.50. The highest BCUT2D eigenvalue weighted by atomic mass is 79.9. The summed E-state index contributed by atoms with van der Waals surface area (Å²) in [7, 11) is 1.58. The van der Waals surface area contributed by atoms with Crippen LogP contribution in [-0.2, 0) is 4.84 Å². The van der Waals surface area contributed by atoms with Crippen LogP contribution < -0.4 is 10.4 Å². The van der Waals surface area contributed by atoms with Gasteiger partial charge >= 0.3 is 0 Å². The maximum Gasteiger partial charge on any atom is 0.228 e. The minimum Gasteiger partial charge on any atom is -0.354 e. The molecule has 1 fully saturated rings. The summed E-state index contributed by atoms with van der Waals surface area (Å²) in [4.78, 5) is 15.3. The van der Waals surface area contributed by atoms with E-state index in [0.717, 1.165) is 37.4 Å². The molecular weight excluding hydrogens is 399 g/mol. The highest BCUT2D eigenvalue weighted by Gasteiger charge is 2.17. The molecule has 1 N–H and O–H groups in total. The molecule has 1 aliphatic rings. The highest BCUT2D eigenvalue weighted by molar-refractivity contribution is 9.10. The van der Waals surface area contributed by atoms with Crippen molar-refractivity contribution in [2.24, 2.45) is 0 Å². The molecule has 0 amide bonds. The molecule has 0 bridgehead atoms. The third-order valence-electron chi connectivity index (χ3n) is 4.03. The van der Waals surface area contributed by atoms with Crippen molar-refractivity contribution in [2.75, 3.05) is 30.6 Å². The Labute approximate surface area is 160 Å². The topological polar surface area (TPSA) is 50.3 Å². The lowest BCUT2D eigenvalue weighted by atomic mass is 10.0. The number of nitrogens with one attached hydrogen (secondary N) is 1. The van der Waals surface area contributed by atoms with Crippen LogP contribution in [0.1, 0.15) is 18.4 Å². The van der Waals surface area contributed by atoms with Gasteiger partial charge in [0.1, 0.15) is 5.69 Å². The molecule has 0 saturated carbocycles. The van der Waals surface area contributed by atoms with E-state index < -0.39 is 5.95 Å². The minimum atomic E-state index is -0.548. The second-order valence-corrected chi connectivity index (χ2v) is 6.50. The van der Waals surface area contributed by atoms with Crippen LogP contribution in [0.5, 0.6) is 0 Å². The number of hydrogen-bond acceptors (Lipinski definition) is 5. The number of halogens is 2. The van der Waals surface area contributed by atoms with E-state index in [1.54, 1.807) is 19.4 Å². The zero-order chi connectivity index (χ0) is 18.4. The third kappa shape index (κ3) is 4.40. The van der Waals surface area contributed by atoms with E-state index in [1.807, 2.05) is 18.2 Å². The van der Waals surface area contributed by atoms with E-state index in [4.69, 9.17) is 4.84 Å². The van der Waals surface area contributed by atoms with Gasteiger partial charge in [-0.1, -0.05) is 17.4 Å². The number of pyridine rings is 2. The molecule has 2 aromatic heterocycles. The Morgan fingerprint density at radius 2 is 2.08 bits per heavy atom. The van der Waals surface area contributed by atoms with Crippen molar-refractivity contribution in [3.05, 3.63) is 58.2 Å². The van der Waals surface area contributed by atoms with Crippen LogP contribution in [0.25, 0.3) is 0 Å². The van der Waals surface area contributed by atoms with E-state index >= 15 is 0 Å². The molecule has 26 heavy (non-hydrogen) atoms. The lowest BCUT2D eigenvalue weighted by molar-refractivity contribution is 0.271. The van der Waals surface area contributed by atoms with Crippen LogP contribution in [0.3, 0.4) is 0 Å². The van der Waals surface area contributed by atoms with Crippen molar-refractivity contribution >= 4 is 27.4 Å². The predicted octanol–water partition coefficient (Wildman–Crippen LogP) is 3.93. The van der Waals surface area contributed by atoms with E-state index in [0.29, 0.717) is 10.0 Å². The molecule has 0 atom stereocenters. The first-order valence-electron chi connectivity index (χ1n) is 8.17. The van der Waals surface area contributed by atoms with Crippen LogP contribution in [-0.4, -0.2) is 30.2 Å². The highest BCUT2D eigenvalue weighted by Crippen LogP contribution is 2.27. The Kier molecular flexibility index (Phi) is 6.21. The summed E-state index contributed by atoms with van der Waals surface area (Å²) in [5.41, 5.74) is 5.59. The number of allylic oxidation sites excluding steroid dienone is 1. The first-order chi connectivity index (χ1) is 12.7. The fourth-order valence-electron chi connectivity index (χ4n) is 2.72. The molecule has 0 unspecified atom stereocenters. The zero-order valence-corrected chi connectivity index (χ0v) is 15.9. The maximum absolute atomic E-state index is 13.4. The van der Waals surface area contributed by atoms with Crippen LogP contribution in [0.4, 0.5) is 15.9 Å². The van der Waals surface area contributed by atoms with Crippen LogP contribution in [0.15, 0.2) is 46.7 Å². The SMILES string of the molecule is CONc1cccnc1N1CCC(=CC#Cc2ccnc(F)c2Br)CC1. The van der Waals surface area contributed by atoms with Crippen molar-refractivity contribution in [1.82, 2.24) is 9.97 Å². The van der Waals surface area contributed by atoms with Crippen LogP contribution in [0, 0.1) is 17.8 Å². The average molecular weight is 417 g/mol. The fraction of sp³-hybridized carbons (Fsp3) is 0.263. The normalized spacial score (nSPS) is 13.8. The van der Waals surface area contributed by atoms with Crippen LogP contribution >= 0.6 is 15.9 Å². The second-order valence-electron chi connectivity index (χ2n) is 5.70. The molecule has 134 valence electrons. The molecule has 2 aromatic rings. The van der Waals surface area contributed by atoms with E-state index in [-0.39, 0.29) is 0 Å². The molecule has 5 nitrogen and oxygen atoms in total. The molecule has 0 spiro atoms. The first-order valence-corrected chi connectivity index (χ1v) is 8.96. The van der Waals surface area contributed by atoms with Gasteiger partial charge in [0.2, 0.25) is 5.95 Å². The average Bonchev–Trinajstić information content (AvgIpc) is 2.67. The molecular formula is C19H18BrFN4O. The lowest BCUT2D eigenvalue weighted by Crippen LogP contribution is -2.31. The maximum atomic E-state index is 13.4. The van der Waals surface area contributed by atoms with Gasteiger partial charge in [-0.25, -0.2) is 9.97 Å². The Hall–Kier alpha value is -2.43. The number of anilines is 2. The van der Waals surface area contributed by atoms with Gasteiger partial charge in [0, 0.05) is 31.0 Å². The van der Waals surface area contributed by atoms with E-state index in [2.05, 4.69) is 48.1 Å². The van der Waals surface area contributed by atoms with Crippen LogP contribution in [0.2, 0.25) is 0 Å². The van der Waals surface area contributed by atoms with E-state index in [1.165, 1.54) is 11.8 Å². The van der Waals surface area contributed by atoms with Gasteiger partial charge in [-0.2, -0.15) is 4.39 Å². The van der Waals surface area contributed by atoms with Crippen molar-refractivity contribution in [2.45, 2.75) is 12.8 Å². The molecule has 1 aliphatic heterocycles. The number of rotatable bonds is 3. The van der Waals surface area contributed by atoms with Crippen molar-refractivity contribution in [1.29, 1.82) is 0 Å². The number of nitrogens with zero attached hydrogens (tertiary/aromatic N) is 3. The van der Waals surface area contributed by atoms with E-state index in [9.17, 15) is 4.39 Å². The van der Waals surface area contributed by atoms with Crippen molar-refractivity contribution in [3.63, 3.8) is 0 Å². The van der Waals surface area contributed by atoms with Gasteiger partial charge < -0.3 is 4.90 Å². The standard InChI is InChI=1S/C19H18BrFN4O/c1-26-24-16-6-3-10-23-19(16)25-12-8-14(9-13-25)4-2-5-15-7-11-22-18(21)17(15)20/h3-4,6-7,10-11,24H,8-9,12-13H2,1H3.